The lowest BCUT2D eigenvalue weighted by Crippen LogP contribution is -2.46. The highest BCUT2D eigenvalue weighted by Gasteiger charge is 2.30. The largest absolute Gasteiger partial charge is 0.379 e. The van der Waals surface area contributed by atoms with E-state index in [0.29, 0.717) is 12.6 Å². The van der Waals surface area contributed by atoms with Crippen LogP contribution in [-0.4, -0.2) is 77.5 Å². The Morgan fingerprint density at radius 1 is 1.38 bits per heavy atom. The number of rotatable bonds is 4. The molecule has 0 amide bonds. The molecule has 7 nitrogen and oxygen atoms in total. The molecular formula is C16H29IN6O. The highest BCUT2D eigenvalue weighted by Crippen LogP contribution is 2.17. The number of aryl methyl sites for hydroxylation is 1. The SMILES string of the molecule is CCNC(=NCc1cnn(C)c1)N1CCC(N2CCOCC2)C1.I. The Kier molecular flexibility index (Phi) is 7.76. The first-order valence-corrected chi connectivity index (χ1v) is 8.59. The van der Waals surface area contributed by atoms with Crippen LogP contribution >= 0.6 is 24.0 Å². The summed E-state index contributed by atoms with van der Waals surface area (Å²) in [5, 5.41) is 7.64. The molecule has 1 N–H and O–H groups in total. The molecule has 136 valence electrons. The van der Waals surface area contributed by atoms with Gasteiger partial charge in [0.15, 0.2) is 5.96 Å². The third-order valence-electron chi connectivity index (χ3n) is 4.53. The van der Waals surface area contributed by atoms with E-state index in [4.69, 9.17) is 9.73 Å². The number of morpholine rings is 1. The zero-order valence-electron chi connectivity index (χ0n) is 14.6. The number of ether oxygens (including phenoxy) is 1. The maximum Gasteiger partial charge on any atom is 0.194 e. The van der Waals surface area contributed by atoms with Gasteiger partial charge in [0, 0.05) is 57.6 Å². The third kappa shape index (κ3) is 5.06. The average Bonchev–Trinajstić information content (AvgIpc) is 3.21. The van der Waals surface area contributed by atoms with E-state index in [1.165, 1.54) is 6.42 Å². The highest BCUT2D eigenvalue weighted by molar-refractivity contribution is 14.0. The number of aromatic nitrogens is 2. The van der Waals surface area contributed by atoms with E-state index in [9.17, 15) is 0 Å². The second-order valence-electron chi connectivity index (χ2n) is 6.23. The summed E-state index contributed by atoms with van der Waals surface area (Å²) in [6, 6.07) is 0.626. The maximum atomic E-state index is 5.46. The molecule has 1 atom stereocenters. The van der Waals surface area contributed by atoms with Crippen molar-refractivity contribution in [3.63, 3.8) is 0 Å². The Hall–Kier alpha value is -0.870. The summed E-state index contributed by atoms with van der Waals surface area (Å²) in [6.45, 7) is 9.66. The number of likely N-dealkylation sites (tertiary alicyclic amines) is 1. The molecule has 0 spiro atoms. The van der Waals surface area contributed by atoms with Gasteiger partial charge in [0.25, 0.3) is 0 Å². The Bertz CT molecular complexity index is 528. The Balaban J connectivity index is 0.00000208. The lowest BCUT2D eigenvalue weighted by Gasteiger charge is -2.32. The van der Waals surface area contributed by atoms with Gasteiger partial charge in [-0.2, -0.15) is 5.10 Å². The average molecular weight is 448 g/mol. The fourth-order valence-electron chi connectivity index (χ4n) is 3.32. The third-order valence-corrected chi connectivity index (χ3v) is 4.53. The van der Waals surface area contributed by atoms with Crippen LogP contribution in [0.5, 0.6) is 0 Å². The van der Waals surface area contributed by atoms with Crippen LogP contribution < -0.4 is 5.32 Å². The van der Waals surface area contributed by atoms with E-state index in [2.05, 4.69) is 27.1 Å². The second kappa shape index (κ2) is 9.57. The van der Waals surface area contributed by atoms with Gasteiger partial charge in [0.2, 0.25) is 0 Å². The standard InChI is InChI=1S/C16H28N6O.HI/c1-3-17-16(18-10-14-11-19-20(2)12-14)22-5-4-15(13-22)21-6-8-23-9-7-21;/h11-12,15H,3-10,13H2,1-2H3,(H,17,18);1H. The number of hydrogen-bond donors (Lipinski definition) is 1. The first-order valence-electron chi connectivity index (χ1n) is 8.59. The molecule has 0 radical (unpaired) electrons. The molecule has 24 heavy (non-hydrogen) atoms. The predicted molar refractivity (Wildman–Crippen MR) is 106 cm³/mol. The van der Waals surface area contributed by atoms with Gasteiger partial charge in [0.05, 0.1) is 26.0 Å². The molecule has 2 aliphatic rings. The minimum atomic E-state index is 0. The highest BCUT2D eigenvalue weighted by atomic mass is 127. The minimum Gasteiger partial charge on any atom is -0.379 e. The molecular weight excluding hydrogens is 419 g/mol. The van der Waals surface area contributed by atoms with Crippen LogP contribution in [0.3, 0.4) is 0 Å². The quantitative estimate of drug-likeness (QED) is 0.422. The van der Waals surface area contributed by atoms with Crippen LogP contribution in [0.25, 0.3) is 0 Å². The molecule has 0 aromatic carbocycles. The number of hydrogen-bond acceptors (Lipinski definition) is 4. The summed E-state index contributed by atoms with van der Waals surface area (Å²) in [5.74, 6) is 1.02. The van der Waals surface area contributed by atoms with Crippen molar-refractivity contribution in [2.75, 3.05) is 45.9 Å². The van der Waals surface area contributed by atoms with Gasteiger partial charge >= 0.3 is 0 Å². The topological polar surface area (TPSA) is 57.9 Å². The zero-order chi connectivity index (χ0) is 16.1. The predicted octanol–water partition coefficient (Wildman–Crippen LogP) is 0.910. The van der Waals surface area contributed by atoms with E-state index in [1.54, 1.807) is 0 Å². The molecule has 2 fully saturated rings. The number of nitrogens with zero attached hydrogens (tertiary/aromatic N) is 5. The molecule has 0 bridgehead atoms. The molecule has 2 saturated heterocycles. The number of nitrogens with one attached hydrogen (secondary N) is 1. The van der Waals surface area contributed by atoms with E-state index in [0.717, 1.165) is 57.5 Å². The molecule has 0 saturated carbocycles. The molecule has 3 heterocycles. The van der Waals surface area contributed by atoms with Crippen molar-refractivity contribution in [1.82, 2.24) is 24.9 Å². The van der Waals surface area contributed by atoms with Crippen molar-refractivity contribution >= 4 is 29.9 Å². The van der Waals surface area contributed by atoms with E-state index < -0.39 is 0 Å². The summed E-state index contributed by atoms with van der Waals surface area (Å²) in [6.07, 6.45) is 5.11. The fourth-order valence-corrected chi connectivity index (χ4v) is 3.32. The van der Waals surface area contributed by atoms with Gasteiger partial charge < -0.3 is 15.0 Å². The zero-order valence-corrected chi connectivity index (χ0v) is 17.0. The van der Waals surface area contributed by atoms with Crippen LogP contribution in [0.4, 0.5) is 0 Å². The smallest absolute Gasteiger partial charge is 0.194 e. The molecule has 1 aromatic heterocycles. The number of halogens is 1. The van der Waals surface area contributed by atoms with Gasteiger partial charge in [-0.15, -0.1) is 24.0 Å². The van der Waals surface area contributed by atoms with E-state index in [1.807, 2.05) is 24.1 Å². The van der Waals surface area contributed by atoms with Crippen LogP contribution in [0.1, 0.15) is 18.9 Å². The van der Waals surface area contributed by atoms with Gasteiger partial charge in [-0.25, -0.2) is 4.99 Å². The summed E-state index contributed by atoms with van der Waals surface area (Å²) in [5.41, 5.74) is 1.15. The molecule has 1 unspecified atom stereocenters. The lowest BCUT2D eigenvalue weighted by molar-refractivity contribution is 0.0195. The normalized spacial score (nSPS) is 22.5. The summed E-state index contributed by atoms with van der Waals surface area (Å²) in [7, 11) is 1.94. The van der Waals surface area contributed by atoms with Gasteiger partial charge in [-0.05, 0) is 13.3 Å². The summed E-state index contributed by atoms with van der Waals surface area (Å²) in [4.78, 5) is 9.75. The van der Waals surface area contributed by atoms with Crippen molar-refractivity contribution < 1.29 is 4.74 Å². The fraction of sp³-hybridized carbons (Fsp3) is 0.750. The van der Waals surface area contributed by atoms with Crippen molar-refractivity contribution in [1.29, 1.82) is 0 Å². The summed E-state index contributed by atoms with van der Waals surface area (Å²) >= 11 is 0. The second-order valence-corrected chi connectivity index (χ2v) is 6.23. The lowest BCUT2D eigenvalue weighted by atomic mass is 10.2. The van der Waals surface area contributed by atoms with Crippen LogP contribution in [-0.2, 0) is 18.3 Å². The van der Waals surface area contributed by atoms with Crippen molar-refractivity contribution in [2.45, 2.75) is 25.9 Å². The molecule has 0 aliphatic carbocycles. The van der Waals surface area contributed by atoms with Gasteiger partial charge in [0.1, 0.15) is 0 Å². The van der Waals surface area contributed by atoms with E-state index in [-0.39, 0.29) is 24.0 Å². The van der Waals surface area contributed by atoms with Crippen molar-refractivity contribution in [3.8, 4) is 0 Å². The molecule has 1 aromatic rings. The Labute approximate surface area is 161 Å². The molecule has 8 heteroatoms. The first kappa shape index (κ1) is 19.5. The number of aliphatic imine (C=N–C) groups is 1. The minimum absolute atomic E-state index is 0. The molecule has 3 rings (SSSR count). The molecule has 2 aliphatic heterocycles. The van der Waals surface area contributed by atoms with E-state index >= 15 is 0 Å². The van der Waals surface area contributed by atoms with Crippen LogP contribution in [0.2, 0.25) is 0 Å². The van der Waals surface area contributed by atoms with Crippen molar-refractivity contribution in [2.24, 2.45) is 12.0 Å². The van der Waals surface area contributed by atoms with Gasteiger partial charge in [-0.1, -0.05) is 0 Å². The summed E-state index contributed by atoms with van der Waals surface area (Å²) < 4.78 is 7.28. The monoisotopic (exact) mass is 448 g/mol. The van der Waals surface area contributed by atoms with Crippen LogP contribution in [0.15, 0.2) is 17.4 Å². The van der Waals surface area contributed by atoms with Crippen LogP contribution in [0, 0.1) is 0 Å². The maximum absolute atomic E-state index is 5.46. The van der Waals surface area contributed by atoms with Crippen molar-refractivity contribution in [3.05, 3.63) is 18.0 Å². The number of guanidine groups is 1. The Morgan fingerprint density at radius 3 is 2.83 bits per heavy atom. The van der Waals surface area contributed by atoms with Gasteiger partial charge in [-0.3, -0.25) is 9.58 Å². The Morgan fingerprint density at radius 2 is 2.17 bits per heavy atom. The first-order chi connectivity index (χ1) is 11.3.